The Morgan fingerprint density at radius 2 is 1.88 bits per heavy atom. The van der Waals surface area contributed by atoms with Crippen molar-refractivity contribution < 1.29 is 19.4 Å². The van der Waals surface area contributed by atoms with Gasteiger partial charge in [-0.3, -0.25) is 9.59 Å². The lowest BCUT2D eigenvalue weighted by Gasteiger charge is -2.13. The van der Waals surface area contributed by atoms with E-state index in [1.807, 2.05) is 50.2 Å². The van der Waals surface area contributed by atoms with Crippen LogP contribution in [0.15, 0.2) is 36.4 Å². The summed E-state index contributed by atoms with van der Waals surface area (Å²) in [6, 6.07) is 11.7. The first-order valence-corrected chi connectivity index (χ1v) is 7.93. The first-order valence-electron chi connectivity index (χ1n) is 7.93. The van der Waals surface area contributed by atoms with Gasteiger partial charge in [0.25, 0.3) is 0 Å². The van der Waals surface area contributed by atoms with E-state index in [-0.39, 0.29) is 5.91 Å². The molecule has 0 aliphatic heterocycles. The SMILES string of the molecule is COc1ccc2ccccc2c1CNC(=O)[C@@H]1[C@@H](C(=O)O)C1(C)C. The van der Waals surface area contributed by atoms with Crippen LogP contribution < -0.4 is 10.1 Å². The van der Waals surface area contributed by atoms with Crippen molar-refractivity contribution in [3.8, 4) is 5.75 Å². The van der Waals surface area contributed by atoms with E-state index in [0.717, 1.165) is 16.3 Å². The number of ether oxygens (including phenoxy) is 1. The number of amides is 1. The molecule has 0 spiro atoms. The topological polar surface area (TPSA) is 75.6 Å². The second-order valence-corrected chi connectivity index (χ2v) is 6.80. The monoisotopic (exact) mass is 327 g/mol. The van der Waals surface area contributed by atoms with Crippen LogP contribution in [0.25, 0.3) is 10.8 Å². The zero-order valence-electron chi connectivity index (χ0n) is 14.0. The van der Waals surface area contributed by atoms with E-state index in [1.165, 1.54) is 0 Å². The molecule has 0 bridgehead atoms. The van der Waals surface area contributed by atoms with E-state index in [4.69, 9.17) is 4.74 Å². The van der Waals surface area contributed by atoms with Gasteiger partial charge in [0.05, 0.1) is 18.9 Å². The van der Waals surface area contributed by atoms with Crippen LogP contribution in [0.4, 0.5) is 0 Å². The molecule has 0 aromatic heterocycles. The fourth-order valence-corrected chi connectivity index (χ4v) is 3.56. The minimum atomic E-state index is -0.914. The molecule has 0 heterocycles. The molecule has 1 aliphatic carbocycles. The molecule has 3 rings (SSSR count). The molecule has 1 aliphatic rings. The number of hydrogen-bond donors (Lipinski definition) is 2. The molecule has 1 fully saturated rings. The van der Waals surface area contributed by atoms with E-state index in [9.17, 15) is 14.7 Å². The van der Waals surface area contributed by atoms with Crippen LogP contribution in [-0.4, -0.2) is 24.1 Å². The Labute approximate surface area is 140 Å². The third-order valence-corrected chi connectivity index (χ3v) is 5.03. The van der Waals surface area contributed by atoms with Crippen molar-refractivity contribution >= 4 is 22.6 Å². The zero-order chi connectivity index (χ0) is 17.5. The van der Waals surface area contributed by atoms with E-state index in [1.54, 1.807) is 7.11 Å². The Morgan fingerprint density at radius 1 is 1.17 bits per heavy atom. The molecule has 2 aromatic rings. The molecule has 1 saturated carbocycles. The van der Waals surface area contributed by atoms with E-state index in [0.29, 0.717) is 12.3 Å². The van der Waals surface area contributed by atoms with Gasteiger partial charge in [-0.2, -0.15) is 0 Å². The average Bonchev–Trinajstić information content (AvgIpc) is 3.15. The molecule has 5 heteroatoms. The second kappa shape index (κ2) is 5.82. The first kappa shape index (κ1) is 16.3. The maximum atomic E-state index is 12.4. The Kier molecular flexibility index (Phi) is 3.95. The maximum Gasteiger partial charge on any atom is 0.307 e. The van der Waals surface area contributed by atoms with Gasteiger partial charge in [0.2, 0.25) is 5.91 Å². The van der Waals surface area contributed by atoms with Gasteiger partial charge < -0.3 is 15.2 Å². The number of methoxy groups -OCH3 is 1. The number of nitrogens with one attached hydrogen (secondary N) is 1. The number of benzene rings is 2. The summed E-state index contributed by atoms with van der Waals surface area (Å²) in [7, 11) is 1.60. The number of rotatable bonds is 5. The van der Waals surface area contributed by atoms with Crippen LogP contribution in [-0.2, 0) is 16.1 Å². The number of hydrogen-bond acceptors (Lipinski definition) is 3. The molecule has 0 saturated heterocycles. The van der Waals surface area contributed by atoms with Gasteiger partial charge in [0.15, 0.2) is 0 Å². The van der Waals surface area contributed by atoms with Crippen molar-refractivity contribution in [3.63, 3.8) is 0 Å². The van der Waals surface area contributed by atoms with Crippen molar-refractivity contribution in [1.29, 1.82) is 0 Å². The number of carboxylic acid groups (broad SMARTS) is 1. The van der Waals surface area contributed by atoms with Gasteiger partial charge in [-0.15, -0.1) is 0 Å². The fourth-order valence-electron chi connectivity index (χ4n) is 3.56. The summed E-state index contributed by atoms with van der Waals surface area (Å²) in [4.78, 5) is 23.7. The summed E-state index contributed by atoms with van der Waals surface area (Å²) < 4.78 is 5.42. The van der Waals surface area contributed by atoms with Gasteiger partial charge in [0, 0.05) is 12.1 Å². The van der Waals surface area contributed by atoms with Crippen molar-refractivity contribution in [2.45, 2.75) is 20.4 Å². The Morgan fingerprint density at radius 3 is 2.50 bits per heavy atom. The highest BCUT2D eigenvalue weighted by Gasteiger charge is 2.65. The van der Waals surface area contributed by atoms with Crippen molar-refractivity contribution in [3.05, 3.63) is 42.0 Å². The summed E-state index contributed by atoms with van der Waals surface area (Å²) in [5.74, 6) is -1.54. The molecule has 0 radical (unpaired) electrons. The van der Waals surface area contributed by atoms with Crippen molar-refractivity contribution in [1.82, 2.24) is 5.32 Å². The highest BCUT2D eigenvalue weighted by atomic mass is 16.5. The van der Waals surface area contributed by atoms with Crippen LogP contribution in [0.3, 0.4) is 0 Å². The molecule has 2 N–H and O–H groups in total. The van der Waals surface area contributed by atoms with Gasteiger partial charge >= 0.3 is 5.97 Å². The van der Waals surface area contributed by atoms with Crippen LogP contribution in [0, 0.1) is 17.3 Å². The molecular formula is C19H21NO4. The van der Waals surface area contributed by atoms with Crippen LogP contribution in [0.5, 0.6) is 5.75 Å². The lowest BCUT2D eigenvalue weighted by molar-refractivity contribution is -0.140. The third kappa shape index (κ3) is 2.60. The summed E-state index contributed by atoms with van der Waals surface area (Å²) in [6.45, 7) is 3.94. The van der Waals surface area contributed by atoms with E-state index < -0.39 is 23.2 Å². The molecule has 1 amide bonds. The lowest BCUT2D eigenvalue weighted by atomic mass is 10.0. The Bertz CT molecular complexity index is 812. The van der Waals surface area contributed by atoms with Gasteiger partial charge in [0.1, 0.15) is 5.75 Å². The highest BCUT2D eigenvalue weighted by molar-refractivity contribution is 5.92. The number of carbonyl (C=O) groups excluding carboxylic acids is 1. The second-order valence-electron chi connectivity index (χ2n) is 6.80. The van der Waals surface area contributed by atoms with Crippen LogP contribution in [0.2, 0.25) is 0 Å². The standard InChI is InChI=1S/C19H21NO4/c1-19(2)15(16(19)18(22)23)17(21)20-10-13-12-7-5-4-6-11(12)8-9-14(13)24-3/h4-9,15-16H,10H2,1-3H3,(H,20,21)(H,22,23)/t15-,16-/m0/s1. The van der Waals surface area contributed by atoms with Crippen LogP contribution in [0.1, 0.15) is 19.4 Å². The van der Waals surface area contributed by atoms with Crippen molar-refractivity contribution in [2.24, 2.45) is 17.3 Å². The minimum Gasteiger partial charge on any atom is -0.496 e. The molecule has 2 atom stereocenters. The molecule has 5 nitrogen and oxygen atoms in total. The first-order chi connectivity index (χ1) is 11.4. The molecular weight excluding hydrogens is 306 g/mol. The molecule has 126 valence electrons. The number of fused-ring (bicyclic) bond motifs is 1. The van der Waals surface area contributed by atoms with Gasteiger partial charge in [-0.1, -0.05) is 44.2 Å². The molecule has 0 unspecified atom stereocenters. The zero-order valence-corrected chi connectivity index (χ0v) is 14.0. The number of carboxylic acids is 1. The average molecular weight is 327 g/mol. The lowest BCUT2D eigenvalue weighted by Crippen LogP contribution is -2.27. The Hall–Kier alpha value is -2.56. The number of aliphatic carboxylic acids is 1. The maximum absolute atomic E-state index is 12.4. The molecule has 2 aromatic carbocycles. The largest absolute Gasteiger partial charge is 0.496 e. The Balaban J connectivity index is 1.81. The normalized spacial score (nSPS) is 21.3. The summed E-state index contributed by atoms with van der Waals surface area (Å²) in [6.07, 6.45) is 0. The number of carbonyl (C=O) groups is 2. The summed E-state index contributed by atoms with van der Waals surface area (Å²) in [5, 5.41) is 14.2. The smallest absolute Gasteiger partial charge is 0.307 e. The predicted octanol–water partition coefficient (Wildman–Crippen LogP) is 2.82. The fraction of sp³-hybridized carbons (Fsp3) is 0.368. The minimum absolute atomic E-state index is 0.220. The molecule has 24 heavy (non-hydrogen) atoms. The predicted molar refractivity (Wildman–Crippen MR) is 90.7 cm³/mol. The van der Waals surface area contributed by atoms with Crippen LogP contribution >= 0.6 is 0 Å². The quantitative estimate of drug-likeness (QED) is 0.885. The van der Waals surface area contributed by atoms with Gasteiger partial charge in [-0.05, 0) is 22.3 Å². The summed E-state index contributed by atoms with van der Waals surface area (Å²) in [5.41, 5.74) is 0.396. The third-order valence-electron chi connectivity index (χ3n) is 5.03. The summed E-state index contributed by atoms with van der Waals surface area (Å²) >= 11 is 0. The highest BCUT2D eigenvalue weighted by Crippen LogP contribution is 2.58. The van der Waals surface area contributed by atoms with E-state index >= 15 is 0 Å². The van der Waals surface area contributed by atoms with Crippen molar-refractivity contribution in [2.75, 3.05) is 7.11 Å². The van der Waals surface area contributed by atoms with Gasteiger partial charge in [-0.25, -0.2) is 0 Å². The van der Waals surface area contributed by atoms with E-state index in [2.05, 4.69) is 5.32 Å².